The molecule has 7 heteroatoms. The predicted octanol–water partition coefficient (Wildman–Crippen LogP) is 3.36. The summed E-state index contributed by atoms with van der Waals surface area (Å²) < 4.78 is 5.70. The SMILES string of the molecule is Cc1ccc(C2CSCCN2C(=O)Cc2ccccc2[N+](=O)[O-])o1. The van der Waals surface area contributed by atoms with Crippen molar-refractivity contribution < 1.29 is 14.1 Å². The molecular formula is C17H18N2O4S. The Balaban J connectivity index is 1.81. The molecule has 1 aromatic heterocycles. The van der Waals surface area contributed by atoms with Crippen LogP contribution in [0.15, 0.2) is 40.8 Å². The number of carbonyl (C=O) groups excluding carboxylic acids is 1. The van der Waals surface area contributed by atoms with Crippen molar-refractivity contribution in [3.05, 3.63) is 63.6 Å². The van der Waals surface area contributed by atoms with Gasteiger partial charge in [0.05, 0.1) is 17.4 Å². The third kappa shape index (κ3) is 3.46. The molecule has 0 aliphatic carbocycles. The molecule has 126 valence electrons. The van der Waals surface area contributed by atoms with Gasteiger partial charge in [-0.15, -0.1) is 0 Å². The van der Waals surface area contributed by atoms with Crippen molar-refractivity contribution >= 4 is 23.4 Å². The first-order valence-electron chi connectivity index (χ1n) is 7.72. The average Bonchev–Trinajstić information content (AvgIpc) is 3.01. The van der Waals surface area contributed by atoms with Crippen LogP contribution in [0.4, 0.5) is 5.69 Å². The topological polar surface area (TPSA) is 76.6 Å². The first-order chi connectivity index (χ1) is 11.6. The summed E-state index contributed by atoms with van der Waals surface area (Å²) in [4.78, 5) is 25.3. The minimum Gasteiger partial charge on any atom is -0.464 e. The van der Waals surface area contributed by atoms with E-state index < -0.39 is 4.92 Å². The summed E-state index contributed by atoms with van der Waals surface area (Å²) in [6.07, 6.45) is 0.0258. The van der Waals surface area contributed by atoms with E-state index in [-0.39, 0.29) is 24.1 Å². The molecule has 1 aromatic carbocycles. The molecule has 6 nitrogen and oxygen atoms in total. The van der Waals surface area contributed by atoms with Crippen LogP contribution >= 0.6 is 11.8 Å². The van der Waals surface area contributed by atoms with E-state index in [1.54, 1.807) is 34.9 Å². The second kappa shape index (κ2) is 7.09. The van der Waals surface area contributed by atoms with Gasteiger partial charge in [-0.25, -0.2) is 0 Å². The van der Waals surface area contributed by atoms with Gasteiger partial charge in [0.15, 0.2) is 0 Å². The highest BCUT2D eigenvalue weighted by Crippen LogP contribution is 2.31. The summed E-state index contributed by atoms with van der Waals surface area (Å²) in [6.45, 7) is 2.49. The lowest BCUT2D eigenvalue weighted by molar-refractivity contribution is -0.385. The zero-order valence-corrected chi connectivity index (χ0v) is 14.1. The quantitative estimate of drug-likeness (QED) is 0.627. The summed E-state index contributed by atoms with van der Waals surface area (Å²) in [5.41, 5.74) is 0.433. The summed E-state index contributed by atoms with van der Waals surface area (Å²) in [5.74, 6) is 3.11. The Morgan fingerprint density at radius 2 is 2.17 bits per heavy atom. The molecule has 1 amide bonds. The van der Waals surface area contributed by atoms with Gasteiger partial charge in [0.25, 0.3) is 5.69 Å². The molecule has 0 N–H and O–H groups in total. The average molecular weight is 346 g/mol. The van der Waals surface area contributed by atoms with Gasteiger partial charge in [0, 0.05) is 29.7 Å². The van der Waals surface area contributed by atoms with Crippen molar-refractivity contribution in [2.75, 3.05) is 18.1 Å². The van der Waals surface area contributed by atoms with Gasteiger partial charge in [-0.05, 0) is 19.1 Å². The van der Waals surface area contributed by atoms with E-state index in [9.17, 15) is 14.9 Å². The second-order valence-corrected chi connectivity index (χ2v) is 6.84. The second-order valence-electron chi connectivity index (χ2n) is 5.69. The van der Waals surface area contributed by atoms with Crippen molar-refractivity contribution in [3.63, 3.8) is 0 Å². The molecule has 3 rings (SSSR count). The maximum absolute atomic E-state index is 12.8. The molecule has 24 heavy (non-hydrogen) atoms. The summed E-state index contributed by atoms with van der Waals surface area (Å²) >= 11 is 1.78. The van der Waals surface area contributed by atoms with Gasteiger partial charge in [-0.1, -0.05) is 18.2 Å². The fourth-order valence-corrected chi connectivity index (χ4v) is 3.93. The van der Waals surface area contributed by atoms with Gasteiger partial charge < -0.3 is 9.32 Å². The maximum Gasteiger partial charge on any atom is 0.273 e. The monoisotopic (exact) mass is 346 g/mol. The molecule has 1 unspecified atom stereocenters. The Labute approximate surface area is 144 Å². The highest BCUT2D eigenvalue weighted by atomic mass is 32.2. The number of hydrogen-bond acceptors (Lipinski definition) is 5. The van der Waals surface area contributed by atoms with Gasteiger partial charge in [-0.2, -0.15) is 11.8 Å². The summed E-state index contributed by atoms with van der Waals surface area (Å²) in [6, 6.07) is 10.1. The number of nitrogens with zero attached hydrogens (tertiary/aromatic N) is 2. The van der Waals surface area contributed by atoms with Crippen LogP contribution in [-0.2, 0) is 11.2 Å². The standard InChI is InChI=1S/C17H18N2O4S/c1-12-6-7-16(23-12)15-11-24-9-8-18(15)17(20)10-13-4-2-3-5-14(13)19(21)22/h2-7,15H,8-11H2,1H3. The summed E-state index contributed by atoms with van der Waals surface area (Å²) in [5, 5.41) is 11.1. The smallest absolute Gasteiger partial charge is 0.273 e. The fraction of sp³-hybridized carbons (Fsp3) is 0.353. The third-order valence-corrected chi connectivity index (χ3v) is 5.09. The molecule has 1 aliphatic rings. The first kappa shape index (κ1) is 16.6. The van der Waals surface area contributed by atoms with Crippen molar-refractivity contribution in [2.45, 2.75) is 19.4 Å². The number of thioether (sulfide) groups is 1. The number of para-hydroxylation sites is 1. The Hall–Kier alpha value is -2.28. The van der Waals surface area contributed by atoms with Crippen LogP contribution < -0.4 is 0 Å². The molecule has 2 aromatic rings. The summed E-state index contributed by atoms with van der Waals surface area (Å²) in [7, 11) is 0. The molecular weight excluding hydrogens is 328 g/mol. The van der Waals surface area contributed by atoms with E-state index in [1.807, 2.05) is 19.1 Å². The zero-order valence-electron chi connectivity index (χ0n) is 13.3. The highest BCUT2D eigenvalue weighted by Gasteiger charge is 2.31. The number of hydrogen-bond donors (Lipinski definition) is 0. The van der Waals surface area contributed by atoms with E-state index in [2.05, 4.69) is 0 Å². The van der Waals surface area contributed by atoms with E-state index in [0.29, 0.717) is 12.1 Å². The van der Waals surface area contributed by atoms with Gasteiger partial charge in [0.2, 0.25) is 5.91 Å². The number of nitro groups is 1. The predicted molar refractivity (Wildman–Crippen MR) is 92.0 cm³/mol. The molecule has 1 atom stereocenters. The van der Waals surface area contributed by atoms with Gasteiger partial charge in [0.1, 0.15) is 11.5 Å². The van der Waals surface area contributed by atoms with Crippen LogP contribution in [0.3, 0.4) is 0 Å². The maximum atomic E-state index is 12.8. The Kier molecular flexibility index (Phi) is 4.89. The lowest BCUT2D eigenvalue weighted by Gasteiger charge is -2.34. The van der Waals surface area contributed by atoms with Crippen LogP contribution in [0, 0.1) is 17.0 Å². The third-order valence-electron chi connectivity index (χ3n) is 4.07. The number of nitro benzene ring substituents is 1. The van der Waals surface area contributed by atoms with E-state index in [1.165, 1.54) is 6.07 Å². The zero-order chi connectivity index (χ0) is 17.1. The molecule has 0 radical (unpaired) electrons. The molecule has 1 saturated heterocycles. The number of aryl methyl sites for hydroxylation is 1. The van der Waals surface area contributed by atoms with E-state index in [4.69, 9.17) is 4.42 Å². The molecule has 0 bridgehead atoms. The van der Waals surface area contributed by atoms with Crippen LogP contribution in [0.1, 0.15) is 23.1 Å². The Bertz CT molecular complexity index is 759. The minimum atomic E-state index is -0.442. The van der Waals surface area contributed by atoms with Crippen molar-refractivity contribution in [1.29, 1.82) is 0 Å². The normalized spacial score (nSPS) is 17.7. The largest absolute Gasteiger partial charge is 0.464 e. The molecule has 1 fully saturated rings. The van der Waals surface area contributed by atoms with Crippen LogP contribution in [-0.4, -0.2) is 33.8 Å². The number of amides is 1. The van der Waals surface area contributed by atoms with Crippen molar-refractivity contribution in [2.24, 2.45) is 0 Å². The molecule has 1 aliphatic heterocycles. The fourth-order valence-electron chi connectivity index (χ4n) is 2.87. The van der Waals surface area contributed by atoms with Crippen LogP contribution in [0.5, 0.6) is 0 Å². The molecule has 0 spiro atoms. The lowest BCUT2D eigenvalue weighted by atomic mass is 10.1. The Morgan fingerprint density at radius 1 is 1.38 bits per heavy atom. The Morgan fingerprint density at radius 3 is 2.88 bits per heavy atom. The van der Waals surface area contributed by atoms with Crippen LogP contribution in [0.2, 0.25) is 0 Å². The van der Waals surface area contributed by atoms with Crippen molar-refractivity contribution in [3.8, 4) is 0 Å². The molecule has 0 saturated carbocycles. The van der Waals surface area contributed by atoms with Gasteiger partial charge >= 0.3 is 0 Å². The highest BCUT2D eigenvalue weighted by molar-refractivity contribution is 7.99. The molecule has 2 heterocycles. The lowest BCUT2D eigenvalue weighted by Crippen LogP contribution is -2.41. The van der Waals surface area contributed by atoms with E-state index >= 15 is 0 Å². The first-order valence-corrected chi connectivity index (χ1v) is 8.87. The number of benzene rings is 1. The minimum absolute atomic E-state index is 0.0115. The number of rotatable bonds is 4. The van der Waals surface area contributed by atoms with Crippen LogP contribution in [0.25, 0.3) is 0 Å². The number of furan rings is 1. The van der Waals surface area contributed by atoms with Crippen molar-refractivity contribution in [1.82, 2.24) is 4.90 Å². The van der Waals surface area contributed by atoms with Gasteiger partial charge in [-0.3, -0.25) is 14.9 Å². The van der Waals surface area contributed by atoms with E-state index in [0.717, 1.165) is 23.0 Å². The number of carbonyl (C=O) groups is 1.